The molecule has 37 heavy (non-hydrogen) atoms. The smallest absolute Gasteiger partial charge is 0.410 e. The lowest BCUT2D eigenvalue weighted by Gasteiger charge is -2.39. The zero-order valence-corrected chi connectivity index (χ0v) is 23.3. The van der Waals surface area contributed by atoms with Gasteiger partial charge in [0.1, 0.15) is 17.2 Å². The average molecular weight is 581 g/mol. The largest absolute Gasteiger partial charge is 0.444 e. The van der Waals surface area contributed by atoms with E-state index >= 15 is 0 Å². The molecule has 0 heterocycles. The molecule has 1 aliphatic rings. The highest BCUT2D eigenvalue weighted by Crippen LogP contribution is 2.39. The highest BCUT2D eigenvalue weighted by molar-refractivity contribution is 9.10. The quantitative estimate of drug-likeness (QED) is 0.377. The SMILES string of the molecule is CCc1cc(Br)c2c(c1)[C@@H](N(C[C@@H](O)[C@H](Cc1cc(F)cc(F)c1)NC=O)C(=O)OC(C)(C)C)CCC2. The molecule has 6 nitrogen and oxygen atoms in total. The predicted octanol–water partition coefficient (Wildman–Crippen LogP) is 5.62. The van der Waals surface area contributed by atoms with Gasteiger partial charge in [0.25, 0.3) is 0 Å². The van der Waals surface area contributed by atoms with Crippen LogP contribution in [0.1, 0.15) is 68.8 Å². The zero-order chi connectivity index (χ0) is 27.3. The molecule has 1 aliphatic carbocycles. The molecule has 2 aromatic rings. The third-order valence-electron chi connectivity index (χ3n) is 6.47. The number of aliphatic hydroxyl groups excluding tert-OH is 1. The van der Waals surface area contributed by atoms with Gasteiger partial charge < -0.3 is 15.2 Å². The summed E-state index contributed by atoms with van der Waals surface area (Å²) >= 11 is 3.69. The number of aryl methyl sites for hydroxylation is 1. The Bertz CT molecular complexity index is 1100. The zero-order valence-electron chi connectivity index (χ0n) is 21.7. The Kier molecular flexibility index (Phi) is 9.69. The maximum atomic E-state index is 13.8. The molecule has 2 amide bonds. The fourth-order valence-corrected chi connectivity index (χ4v) is 5.51. The third kappa shape index (κ3) is 7.74. The van der Waals surface area contributed by atoms with Crippen molar-refractivity contribution in [2.75, 3.05) is 6.54 Å². The molecule has 0 unspecified atom stereocenters. The molecule has 0 bridgehead atoms. The van der Waals surface area contributed by atoms with Gasteiger partial charge in [-0.1, -0.05) is 28.9 Å². The van der Waals surface area contributed by atoms with Gasteiger partial charge in [0.15, 0.2) is 0 Å². The summed E-state index contributed by atoms with van der Waals surface area (Å²) in [6.45, 7) is 7.24. The normalized spacial score (nSPS) is 16.9. The van der Waals surface area contributed by atoms with E-state index in [1.807, 2.05) is 0 Å². The van der Waals surface area contributed by atoms with Gasteiger partial charge in [-0.25, -0.2) is 13.6 Å². The topological polar surface area (TPSA) is 78.9 Å². The van der Waals surface area contributed by atoms with Crippen LogP contribution in [-0.2, 0) is 28.8 Å². The van der Waals surface area contributed by atoms with E-state index in [9.17, 15) is 23.5 Å². The van der Waals surface area contributed by atoms with Crippen LogP contribution >= 0.6 is 15.9 Å². The van der Waals surface area contributed by atoms with Gasteiger partial charge in [-0.2, -0.15) is 0 Å². The van der Waals surface area contributed by atoms with Crippen LogP contribution in [-0.4, -0.2) is 46.8 Å². The molecule has 2 N–H and O–H groups in total. The number of aliphatic hydroxyl groups is 1. The van der Waals surface area contributed by atoms with Gasteiger partial charge in [0.2, 0.25) is 6.41 Å². The number of nitrogens with zero attached hydrogens (tertiary/aromatic N) is 1. The van der Waals surface area contributed by atoms with Crippen molar-refractivity contribution in [2.45, 2.75) is 83.6 Å². The van der Waals surface area contributed by atoms with E-state index in [2.05, 4.69) is 40.3 Å². The van der Waals surface area contributed by atoms with Crippen molar-refractivity contribution in [1.82, 2.24) is 10.2 Å². The van der Waals surface area contributed by atoms with Crippen LogP contribution in [0.2, 0.25) is 0 Å². The van der Waals surface area contributed by atoms with E-state index in [1.54, 1.807) is 20.8 Å². The number of benzene rings is 2. The second-order valence-electron chi connectivity index (χ2n) is 10.5. The first-order valence-corrected chi connectivity index (χ1v) is 13.3. The molecule has 3 rings (SSSR count). The van der Waals surface area contributed by atoms with Crippen molar-refractivity contribution < 1.29 is 28.2 Å². The molecule has 2 aromatic carbocycles. The van der Waals surface area contributed by atoms with Crippen molar-refractivity contribution in [3.8, 4) is 0 Å². The number of hydrogen-bond donors (Lipinski definition) is 2. The Hall–Kier alpha value is -2.52. The van der Waals surface area contributed by atoms with Gasteiger partial charge in [-0.05, 0) is 93.3 Å². The van der Waals surface area contributed by atoms with Gasteiger partial charge in [-0.3, -0.25) is 9.69 Å². The standard InChI is InChI=1S/C28H35BrF2N2O4/c1-5-17-11-22-21(23(29)12-17)7-6-8-25(22)33(27(36)37-28(2,3)4)15-26(35)24(32-16-34)13-18-9-19(30)14-20(31)10-18/h9-12,14,16,24-26,35H,5-8,13,15H2,1-4H3,(H,32,34)/t24-,25-,26+/m0/s1. The van der Waals surface area contributed by atoms with E-state index < -0.39 is 35.5 Å². The van der Waals surface area contributed by atoms with Crippen molar-refractivity contribution >= 4 is 28.4 Å². The minimum absolute atomic E-state index is 0.0243. The summed E-state index contributed by atoms with van der Waals surface area (Å²) in [5.41, 5.74) is 2.76. The lowest BCUT2D eigenvalue weighted by Crippen LogP contribution is -2.50. The van der Waals surface area contributed by atoms with E-state index in [-0.39, 0.29) is 24.6 Å². The summed E-state index contributed by atoms with van der Waals surface area (Å²) in [7, 11) is 0. The van der Waals surface area contributed by atoms with Crippen LogP contribution in [0.4, 0.5) is 13.6 Å². The summed E-state index contributed by atoms with van der Waals surface area (Å²) in [4.78, 5) is 26.3. The van der Waals surface area contributed by atoms with Crippen LogP contribution in [0, 0.1) is 11.6 Å². The number of carbonyl (C=O) groups is 2. The van der Waals surface area contributed by atoms with Gasteiger partial charge in [0.05, 0.1) is 24.7 Å². The number of rotatable bonds is 9. The summed E-state index contributed by atoms with van der Waals surface area (Å²) in [5.74, 6) is -1.50. The number of ether oxygens (including phenoxy) is 1. The molecule has 0 aromatic heterocycles. The summed E-state index contributed by atoms with van der Waals surface area (Å²) in [5, 5.41) is 13.8. The molecule has 0 saturated heterocycles. The maximum Gasteiger partial charge on any atom is 0.410 e. The maximum absolute atomic E-state index is 13.8. The summed E-state index contributed by atoms with van der Waals surface area (Å²) in [6, 6.07) is 6.03. The lowest BCUT2D eigenvalue weighted by atomic mass is 9.85. The second kappa shape index (κ2) is 12.3. The molecule has 0 radical (unpaired) electrons. The van der Waals surface area contributed by atoms with Crippen LogP contribution in [0.5, 0.6) is 0 Å². The molecular formula is C28H35BrF2N2O4. The van der Waals surface area contributed by atoms with Crippen molar-refractivity contribution in [1.29, 1.82) is 0 Å². The first-order chi connectivity index (χ1) is 17.4. The first-order valence-electron chi connectivity index (χ1n) is 12.5. The molecule has 3 atom stereocenters. The molecular weight excluding hydrogens is 546 g/mol. The number of fused-ring (bicyclic) bond motifs is 1. The first kappa shape index (κ1) is 29.0. The monoisotopic (exact) mass is 580 g/mol. The second-order valence-corrected chi connectivity index (χ2v) is 11.3. The highest BCUT2D eigenvalue weighted by Gasteiger charge is 2.36. The number of carbonyl (C=O) groups excluding carboxylic acids is 2. The Morgan fingerprint density at radius 1 is 1.22 bits per heavy atom. The lowest BCUT2D eigenvalue weighted by molar-refractivity contribution is -0.111. The molecule has 202 valence electrons. The minimum Gasteiger partial charge on any atom is -0.444 e. The molecule has 9 heteroatoms. The highest BCUT2D eigenvalue weighted by atomic mass is 79.9. The van der Waals surface area contributed by atoms with Crippen molar-refractivity contribution in [3.63, 3.8) is 0 Å². The summed E-state index contributed by atoms with van der Waals surface area (Å²) < 4.78 is 34.2. The number of nitrogens with one attached hydrogen (secondary N) is 1. The van der Waals surface area contributed by atoms with Gasteiger partial charge >= 0.3 is 6.09 Å². The fourth-order valence-electron chi connectivity index (χ4n) is 4.79. The predicted molar refractivity (Wildman–Crippen MR) is 141 cm³/mol. The molecule has 0 fully saturated rings. The third-order valence-corrected chi connectivity index (χ3v) is 7.18. The summed E-state index contributed by atoms with van der Waals surface area (Å²) in [6.07, 6.45) is 1.81. The molecule has 0 aliphatic heterocycles. The Morgan fingerprint density at radius 3 is 2.49 bits per heavy atom. The number of amides is 2. The van der Waals surface area contributed by atoms with E-state index in [0.717, 1.165) is 58.6 Å². The average Bonchev–Trinajstić information content (AvgIpc) is 2.80. The van der Waals surface area contributed by atoms with Crippen LogP contribution in [0.15, 0.2) is 34.8 Å². The minimum atomic E-state index is -1.23. The molecule has 0 spiro atoms. The number of halogens is 3. The Labute approximate surface area is 225 Å². The van der Waals surface area contributed by atoms with Crippen molar-refractivity contribution in [3.05, 3.63) is 68.7 Å². The Morgan fingerprint density at radius 2 is 1.89 bits per heavy atom. The number of hydrogen-bond acceptors (Lipinski definition) is 4. The van der Waals surface area contributed by atoms with E-state index in [4.69, 9.17) is 4.74 Å². The van der Waals surface area contributed by atoms with Gasteiger partial charge in [0, 0.05) is 10.5 Å². The van der Waals surface area contributed by atoms with Crippen LogP contribution in [0.25, 0.3) is 0 Å². The molecule has 0 saturated carbocycles. The fraction of sp³-hybridized carbons (Fsp3) is 0.500. The Balaban J connectivity index is 1.95. The van der Waals surface area contributed by atoms with Crippen LogP contribution in [0.3, 0.4) is 0 Å². The van der Waals surface area contributed by atoms with E-state index in [1.165, 1.54) is 4.90 Å². The van der Waals surface area contributed by atoms with Gasteiger partial charge in [-0.15, -0.1) is 0 Å². The van der Waals surface area contributed by atoms with E-state index in [0.29, 0.717) is 12.8 Å². The van der Waals surface area contributed by atoms with Crippen LogP contribution < -0.4 is 5.32 Å². The van der Waals surface area contributed by atoms with Crippen molar-refractivity contribution in [2.24, 2.45) is 0 Å².